The average Bonchev–Trinajstić information content (AvgIpc) is 2.99. The Hall–Kier alpha value is -2.18. The number of aryl methyl sites for hydroxylation is 1. The fraction of sp³-hybridized carbons (Fsp3) is 0.571. The van der Waals surface area contributed by atoms with Crippen LogP contribution in [0.15, 0.2) is 18.5 Å². The summed E-state index contributed by atoms with van der Waals surface area (Å²) in [6.45, 7) is 6.69. The van der Waals surface area contributed by atoms with E-state index in [1.54, 1.807) is 10.9 Å². The lowest BCUT2D eigenvalue weighted by molar-refractivity contribution is 0.608. The van der Waals surface area contributed by atoms with Gasteiger partial charge in [0.05, 0.1) is 12.7 Å². The van der Waals surface area contributed by atoms with E-state index >= 15 is 0 Å². The number of hydrogen-bond acceptors (Lipinski definition) is 6. The topological polar surface area (TPSA) is 80.5 Å². The molecular weight excluding hydrogens is 266 g/mol. The lowest BCUT2D eigenvalue weighted by Gasteiger charge is -2.10. The van der Waals surface area contributed by atoms with Crippen LogP contribution in [-0.2, 0) is 13.0 Å². The Balaban J connectivity index is 1.97. The van der Waals surface area contributed by atoms with Crippen LogP contribution in [0.4, 0.5) is 11.6 Å². The number of rotatable bonds is 9. The third-order valence-corrected chi connectivity index (χ3v) is 2.92. The van der Waals surface area contributed by atoms with Crippen molar-refractivity contribution in [2.24, 2.45) is 0 Å². The quantitative estimate of drug-likeness (QED) is 0.734. The SMILES string of the molecule is CCCNc1cc(NCCn2ccnn2)nc(CCC)n1. The summed E-state index contributed by atoms with van der Waals surface area (Å²) in [4.78, 5) is 9.07. The number of hydrogen-bond donors (Lipinski definition) is 2. The second-order valence-electron chi connectivity index (χ2n) is 4.82. The molecule has 0 aromatic carbocycles. The summed E-state index contributed by atoms with van der Waals surface area (Å²) in [5.41, 5.74) is 0. The molecule has 2 heterocycles. The minimum Gasteiger partial charge on any atom is -0.370 e. The monoisotopic (exact) mass is 289 g/mol. The summed E-state index contributed by atoms with van der Waals surface area (Å²) >= 11 is 0. The molecule has 2 N–H and O–H groups in total. The highest BCUT2D eigenvalue weighted by Crippen LogP contribution is 2.12. The molecule has 2 aromatic heterocycles. The third kappa shape index (κ3) is 5.02. The molecule has 0 aliphatic rings. The van der Waals surface area contributed by atoms with Crippen molar-refractivity contribution < 1.29 is 0 Å². The Morgan fingerprint density at radius 1 is 1.05 bits per heavy atom. The zero-order valence-corrected chi connectivity index (χ0v) is 12.7. The molecule has 2 rings (SSSR count). The Bertz CT molecular complexity index is 524. The summed E-state index contributed by atoms with van der Waals surface area (Å²) < 4.78 is 1.79. The maximum Gasteiger partial charge on any atom is 0.133 e. The first kappa shape index (κ1) is 15.2. The smallest absolute Gasteiger partial charge is 0.133 e. The maximum atomic E-state index is 4.54. The molecule has 0 fully saturated rings. The van der Waals surface area contributed by atoms with Crippen molar-refractivity contribution in [1.82, 2.24) is 25.0 Å². The normalized spacial score (nSPS) is 10.6. The van der Waals surface area contributed by atoms with E-state index < -0.39 is 0 Å². The van der Waals surface area contributed by atoms with Gasteiger partial charge in [-0.05, 0) is 12.8 Å². The first-order chi connectivity index (χ1) is 10.3. The molecule has 0 spiro atoms. The molecule has 2 aromatic rings. The van der Waals surface area contributed by atoms with Gasteiger partial charge in [-0.3, -0.25) is 4.68 Å². The van der Waals surface area contributed by atoms with Crippen LogP contribution >= 0.6 is 0 Å². The molecular formula is C14H23N7. The van der Waals surface area contributed by atoms with Gasteiger partial charge in [0.1, 0.15) is 17.5 Å². The Morgan fingerprint density at radius 3 is 2.43 bits per heavy atom. The van der Waals surface area contributed by atoms with Crippen molar-refractivity contribution in [2.45, 2.75) is 39.7 Å². The summed E-state index contributed by atoms with van der Waals surface area (Å²) in [6.07, 6.45) is 6.52. The second-order valence-corrected chi connectivity index (χ2v) is 4.82. The molecule has 114 valence electrons. The summed E-state index contributed by atoms with van der Waals surface area (Å²) in [5, 5.41) is 14.4. The molecule has 0 saturated heterocycles. The Morgan fingerprint density at radius 2 is 1.81 bits per heavy atom. The summed E-state index contributed by atoms with van der Waals surface area (Å²) in [7, 11) is 0. The van der Waals surface area contributed by atoms with E-state index in [1.807, 2.05) is 12.3 Å². The van der Waals surface area contributed by atoms with Crippen LogP contribution in [0.2, 0.25) is 0 Å². The minimum absolute atomic E-state index is 0.749. The van der Waals surface area contributed by atoms with Crippen molar-refractivity contribution in [3.63, 3.8) is 0 Å². The fourth-order valence-corrected chi connectivity index (χ4v) is 1.92. The van der Waals surface area contributed by atoms with Gasteiger partial charge in [-0.1, -0.05) is 19.1 Å². The van der Waals surface area contributed by atoms with Gasteiger partial charge in [0.15, 0.2) is 0 Å². The van der Waals surface area contributed by atoms with Gasteiger partial charge in [-0.2, -0.15) is 0 Å². The van der Waals surface area contributed by atoms with Gasteiger partial charge in [0, 0.05) is 31.8 Å². The van der Waals surface area contributed by atoms with Crippen LogP contribution in [0, 0.1) is 0 Å². The Labute approximate surface area is 125 Å². The molecule has 0 bridgehead atoms. The van der Waals surface area contributed by atoms with Crippen LogP contribution in [0.25, 0.3) is 0 Å². The van der Waals surface area contributed by atoms with Gasteiger partial charge in [-0.25, -0.2) is 9.97 Å². The van der Waals surface area contributed by atoms with Crippen LogP contribution in [0.1, 0.15) is 32.5 Å². The highest BCUT2D eigenvalue weighted by atomic mass is 15.4. The highest BCUT2D eigenvalue weighted by molar-refractivity contribution is 5.47. The first-order valence-electron chi connectivity index (χ1n) is 7.51. The molecule has 0 unspecified atom stereocenters. The standard InChI is InChI=1S/C14H23N7/c1-3-5-12-18-13(15-6-4-2)11-14(19-12)16-7-9-21-10-8-17-20-21/h8,10-11H,3-7,9H2,1-2H3,(H2,15,16,18,19). The molecule has 21 heavy (non-hydrogen) atoms. The van der Waals surface area contributed by atoms with Crippen molar-refractivity contribution in [3.05, 3.63) is 24.3 Å². The van der Waals surface area contributed by atoms with E-state index in [1.165, 1.54) is 0 Å². The van der Waals surface area contributed by atoms with E-state index in [9.17, 15) is 0 Å². The number of nitrogens with one attached hydrogen (secondary N) is 2. The lowest BCUT2D eigenvalue weighted by Crippen LogP contribution is -2.14. The summed E-state index contributed by atoms with van der Waals surface area (Å²) in [6, 6.07) is 1.95. The third-order valence-electron chi connectivity index (χ3n) is 2.92. The van der Waals surface area contributed by atoms with Crippen molar-refractivity contribution >= 4 is 11.6 Å². The van der Waals surface area contributed by atoms with Gasteiger partial charge < -0.3 is 10.6 Å². The largest absolute Gasteiger partial charge is 0.370 e. The van der Waals surface area contributed by atoms with Gasteiger partial charge in [-0.15, -0.1) is 5.10 Å². The van der Waals surface area contributed by atoms with Gasteiger partial charge in [0.2, 0.25) is 0 Å². The molecule has 7 heteroatoms. The van der Waals surface area contributed by atoms with Crippen molar-refractivity contribution in [1.29, 1.82) is 0 Å². The predicted molar refractivity (Wildman–Crippen MR) is 83.3 cm³/mol. The molecule has 7 nitrogen and oxygen atoms in total. The zero-order valence-electron chi connectivity index (χ0n) is 12.7. The van der Waals surface area contributed by atoms with Crippen LogP contribution in [0.3, 0.4) is 0 Å². The second kappa shape index (κ2) is 8.18. The van der Waals surface area contributed by atoms with Gasteiger partial charge in [0.25, 0.3) is 0 Å². The maximum absolute atomic E-state index is 4.54. The fourth-order valence-electron chi connectivity index (χ4n) is 1.92. The molecule has 0 atom stereocenters. The molecule has 0 aliphatic heterocycles. The van der Waals surface area contributed by atoms with Gasteiger partial charge >= 0.3 is 0 Å². The minimum atomic E-state index is 0.749. The average molecular weight is 289 g/mol. The lowest BCUT2D eigenvalue weighted by atomic mass is 10.3. The first-order valence-corrected chi connectivity index (χ1v) is 7.51. The predicted octanol–water partition coefficient (Wildman–Crippen LogP) is 1.95. The van der Waals surface area contributed by atoms with E-state index in [0.717, 1.165) is 56.4 Å². The van der Waals surface area contributed by atoms with Crippen molar-refractivity contribution in [3.8, 4) is 0 Å². The molecule has 0 saturated carbocycles. The van der Waals surface area contributed by atoms with Crippen LogP contribution < -0.4 is 10.6 Å². The summed E-state index contributed by atoms with van der Waals surface area (Å²) in [5.74, 6) is 2.62. The van der Waals surface area contributed by atoms with Crippen LogP contribution in [-0.4, -0.2) is 38.1 Å². The van der Waals surface area contributed by atoms with Crippen molar-refractivity contribution in [2.75, 3.05) is 23.7 Å². The molecule has 0 radical (unpaired) electrons. The van der Waals surface area contributed by atoms with E-state index in [-0.39, 0.29) is 0 Å². The van der Waals surface area contributed by atoms with Crippen LogP contribution in [0.5, 0.6) is 0 Å². The van der Waals surface area contributed by atoms with E-state index in [0.29, 0.717) is 0 Å². The molecule has 0 amide bonds. The zero-order chi connectivity index (χ0) is 14.9. The number of aromatic nitrogens is 5. The molecule has 0 aliphatic carbocycles. The highest BCUT2D eigenvalue weighted by Gasteiger charge is 2.04. The van der Waals surface area contributed by atoms with E-state index in [4.69, 9.17) is 0 Å². The number of anilines is 2. The van der Waals surface area contributed by atoms with E-state index in [2.05, 4.69) is 44.8 Å². The number of nitrogens with zero attached hydrogens (tertiary/aromatic N) is 5. The Kier molecular flexibility index (Phi) is 5.93.